The predicted octanol–water partition coefficient (Wildman–Crippen LogP) is 0.762. The number of carbonyl (C=O) groups excluding carboxylic acids is 1. The molecule has 2 saturated heterocycles. The highest BCUT2D eigenvalue weighted by atomic mass is 19.4. The summed E-state index contributed by atoms with van der Waals surface area (Å²) in [4.78, 5) is 21.9. The topological polar surface area (TPSA) is 65.7 Å². The highest BCUT2D eigenvalue weighted by molar-refractivity contribution is 5.80. The molecule has 7 nitrogen and oxygen atoms in total. The number of amides is 1. The van der Waals surface area contributed by atoms with E-state index in [2.05, 4.69) is 15.0 Å². The van der Waals surface area contributed by atoms with Gasteiger partial charge in [-0.05, 0) is 7.05 Å². The average molecular weight is 361 g/mol. The van der Waals surface area contributed by atoms with Crippen molar-refractivity contribution < 1.29 is 22.5 Å². The molecule has 3 heterocycles. The second-order valence-electron chi connectivity index (χ2n) is 6.81. The lowest BCUT2D eigenvalue weighted by molar-refractivity contribution is -0.186. The molecule has 2 fully saturated rings. The van der Waals surface area contributed by atoms with Crippen LogP contribution in [0.2, 0.25) is 0 Å². The number of piperazine rings is 1. The molecule has 10 heteroatoms. The Morgan fingerprint density at radius 1 is 1.24 bits per heavy atom. The SMILES string of the molecule is Cc1nc(CN2C[C@@H](C(F)(F)F)[C@H](C(=O)N3CCN(C)CC3)C2)no1. The standard InChI is InChI=1S/C15H22F3N5O2/c1-10-19-13(20-25-10)9-22-7-11(12(8-22)15(16,17)18)14(24)23-5-3-21(2)4-6-23/h11-12H,3-9H2,1-2H3/t11-,12-/m1/s1. The second-order valence-corrected chi connectivity index (χ2v) is 6.81. The molecule has 0 unspecified atom stereocenters. The largest absolute Gasteiger partial charge is 0.393 e. The van der Waals surface area contributed by atoms with E-state index < -0.39 is 23.9 Å². The highest BCUT2D eigenvalue weighted by Crippen LogP contribution is 2.39. The van der Waals surface area contributed by atoms with Crippen LogP contribution in [0.5, 0.6) is 0 Å². The lowest BCUT2D eigenvalue weighted by Gasteiger charge is -2.35. The van der Waals surface area contributed by atoms with Gasteiger partial charge in [-0.2, -0.15) is 18.2 Å². The minimum Gasteiger partial charge on any atom is -0.340 e. The quantitative estimate of drug-likeness (QED) is 0.792. The molecule has 140 valence electrons. The van der Waals surface area contributed by atoms with E-state index in [0.29, 0.717) is 37.9 Å². The first-order valence-corrected chi connectivity index (χ1v) is 8.29. The van der Waals surface area contributed by atoms with Gasteiger partial charge in [0.15, 0.2) is 5.82 Å². The highest BCUT2D eigenvalue weighted by Gasteiger charge is 2.53. The number of nitrogens with zero attached hydrogens (tertiary/aromatic N) is 5. The van der Waals surface area contributed by atoms with Gasteiger partial charge < -0.3 is 14.3 Å². The molecule has 1 aromatic rings. The van der Waals surface area contributed by atoms with Crippen LogP contribution in [-0.4, -0.2) is 83.2 Å². The van der Waals surface area contributed by atoms with Crippen LogP contribution >= 0.6 is 0 Å². The van der Waals surface area contributed by atoms with Gasteiger partial charge in [0.05, 0.1) is 18.4 Å². The molecule has 3 rings (SSSR count). The summed E-state index contributed by atoms with van der Waals surface area (Å²) >= 11 is 0. The molecule has 0 radical (unpaired) electrons. The maximum Gasteiger partial charge on any atom is 0.393 e. The number of alkyl halides is 3. The van der Waals surface area contributed by atoms with Crippen molar-refractivity contribution >= 4 is 5.91 Å². The summed E-state index contributed by atoms with van der Waals surface area (Å²) in [6, 6.07) is 0. The molecule has 1 aromatic heterocycles. The van der Waals surface area contributed by atoms with Crippen LogP contribution in [0, 0.1) is 18.8 Å². The van der Waals surface area contributed by atoms with Gasteiger partial charge in [-0.1, -0.05) is 5.16 Å². The zero-order valence-electron chi connectivity index (χ0n) is 14.3. The Hall–Kier alpha value is -1.68. The van der Waals surface area contributed by atoms with E-state index in [1.165, 1.54) is 0 Å². The third-order valence-corrected chi connectivity index (χ3v) is 4.88. The number of aryl methyl sites for hydroxylation is 1. The zero-order valence-corrected chi connectivity index (χ0v) is 14.3. The molecular weight excluding hydrogens is 339 g/mol. The summed E-state index contributed by atoms with van der Waals surface area (Å²) in [6.45, 7) is 3.92. The van der Waals surface area contributed by atoms with Crippen molar-refractivity contribution in [2.24, 2.45) is 11.8 Å². The minimum atomic E-state index is -4.41. The molecule has 2 atom stereocenters. The van der Waals surface area contributed by atoms with Crippen molar-refractivity contribution in [3.63, 3.8) is 0 Å². The first-order valence-electron chi connectivity index (χ1n) is 8.29. The first-order chi connectivity index (χ1) is 11.7. The third kappa shape index (κ3) is 4.12. The molecule has 0 bridgehead atoms. The fourth-order valence-corrected chi connectivity index (χ4v) is 3.46. The number of likely N-dealkylation sites (tertiary alicyclic amines) is 1. The molecule has 0 N–H and O–H groups in total. The Bertz CT molecular complexity index is 613. The van der Waals surface area contributed by atoms with E-state index in [-0.39, 0.29) is 19.6 Å². The van der Waals surface area contributed by atoms with Crippen LogP contribution in [0.4, 0.5) is 13.2 Å². The predicted molar refractivity (Wildman–Crippen MR) is 81.4 cm³/mol. The molecule has 0 spiro atoms. The number of carbonyl (C=O) groups is 1. The number of likely N-dealkylation sites (N-methyl/N-ethyl adjacent to an activating group) is 1. The number of hydrogen-bond donors (Lipinski definition) is 0. The molecule has 25 heavy (non-hydrogen) atoms. The van der Waals surface area contributed by atoms with Gasteiger partial charge in [0.1, 0.15) is 0 Å². The van der Waals surface area contributed by atoms with E-state index >= 15 is 0 Å². The van der Waals surface area contributed by atoms with Crippen LogP contribution in [-0.2, 0) is 11.3 Å². The molecule has 0 aliphatic carbocycles. The molecule has 1 amide bonds. The van der Waals surface area contributed by atoms with Crippen LogP contribution in [0.1, 0.15) is 11.7 Å². The smallest absolute Gasteiger partial charge is 0.340 e. The molecular formula is C15H22F3N5O2. The van der Waals surface area contributed by atoms with Gasteiger partial charge >= 0.3 is 6.18 Å². The van der Waals surface area contributed by atoms with Crippen molar-refractivity contribution in [2.75, 3.05) is 46.3 Å². The van der Waals surface area contributed by atoms with E-state index in [4.69, 9.17) is 4.52 Å². The summed E-state index contributed by atoms with van der Waals surface area (Å²) in [5.41, 5.74) is 0. The van der Waals surface area contributed by atoms with Gasteiger partial charge in [0.25, 0.3) is 0 Å². The van der Waals surface area contributed by atoms with Crippen LogP contribution in [0.3, 0.4) is 0 Å². The summed E-state index contributed by atoms with van der Waals surface area (Å²) in [7, 11) is 1.94. The summed E-state index contributed by atoms with van der Waals surface area (Å²) in [5.74, 6) is -2.43. The number of halogens is 3. The van der Waals surface area contributed by atoms with Crippen LogP contribution < -0.4 is 0 Å². The maximum atomic E-state index is 13.5. The summed E-state index contributed by atoms with van der Waals surface area (Å²) in [6.07, 6.45) is -4.41. The summed E-state index contributed by atoms with van der Waals surface area (Å²) < 4.78 is 45.2. The van der Waals surface area contributed by atoms with Gasteiger partial charge in [-0.3, -0.25) is 9.69 Å². The zero-order chi connectivity index (χ0) is 18.2. The van der Waals surface area contributed by atoms with E-state index in [0.717, 1.165) is 0 Å². The number of rotatable bonds is 3. The Morgan fingerprint density at radius 3 is 2.48 bits per heavy atom. The normalized spacial score (nSPS) is 26.4. The minimum absolute atomic E-state index is 0.0585. The number of aromatic nitrogens is 2. The Morgan fingerprint density at radius 2 is 1.92 bits per heavy atom. The van der Waals surface area contributed by atoms with E-state index in [1.54, 1.807) is 16.7 Å². The van der Waals surface area contributed by atoms with Crippen molar-refractivity contribution in [1.82, 2.24) is 24.8 Å². The molecule has 2 aliphatic heterocycles. The molecule has 2 aliphatic rings. The van der Waals surface area contributed by atoms with Gasteiger partial charge in [0.2, 0.25) is 11.8 Å². The lowest BCUT2D eigenvalue weighted by atomic mass is 9.94. The van der Waals surface area contributed by atoms with Crippen LogP contribution in [0.25, 0.3) is 0 Å². The second kappa shape index (κ2) is 6.91. The fraction of sp³-hybridized carbons (Fsp3) is 0.800. The van der Waals surface area contributed by atoms with Gasteiger partial charge in [-0.15, -0.1) is 0 Å². The molecule has 0 saturated carbocycles. The van der Waals surface area contributed by atoms with E-state index in [1.807, 2.05) is 7.05 Å². The Labute approximate surface area is 143 Å². The Balaban J connectivity index is 1.70. The van der Waals surface area contributed by atoms with Crippen molar-refractivity contribution in [3.8, 4) is 0 Å². The lowest BCUT2D eigenvalue weighted by Crippen LogP contribution is -2.51. The third-order valence-electron chi connectivity index (χ3n) is 4.88. The number of hydrogen-bond acceptors (Lipinski definition) is 6. The van der Waals surface area contributed by atoms with E-state index in [9.17, 15) is 18.0 Å². The monoisotopic (exact) mass is 361 g/mol. The van der Waals surface area contributed by atoms with Gasteiger partial charge in [0, 0.05) is 46.2 Å². The van der Waals surface area contributed by atoms with Crippen molar-refractivity contribution in [1.29, 1.82) is 0 Å². The molecule has 0 aromatic carbocycles. The fourth-order valence-electron chi connectivity index (χ4n) is 3.46. The van der Waals surface area contributed by atoms with Crippen molar-refractivity contribution in [2.45, 2.75) is 19.6 Å². The average Bonchev–Trinajstić information content (AvgIpc) is 3.14. The summed E-state index contributed by atoms with van der Waals surface area (Å²) in [5, 5.41) is 3.72. The Kier molecular flexibility index (Phi) is 5.01. The van der Waals surface area contributed by atoms with Crippen molar-refractivity contribution in [3.05, 3.63) is 11.7 Å². The maximum absolute atomic E-state index is 13.5. The first kappa shape index (κ1) is 18.1. The van der Waals surface area contributed by atoms with Gasteiger partial charge in [-0.25, -0.2) is 0 Å². The van der Waals surface area contributed by atoms with Crippen LogP contribution in [0.15, 0.2) is 4.52 Å².